The molecule has 0 saturated heterocycles. The molecule has 0 spiro atoms. The molecule has 3 heteroatoms. The summed E-state index contributed by atoms with van der Waals surface area (Å²) < 4.78 is 0. The van der Waals surface area contributed by atoms with E-state index in [1.54, 1.807) is 0 Å². The van der Waals surface area contributed by atoms with Crippen LogP contribution in [-0.4, -0.2) is 19.6 Å². The third-order valence-electron chi connectivity index (χ3n) is 3.88. The van der Waals surface area contributed by atoms with Crippen LogP contribution in [0.2, 0.25) is 0 Å². The number of hydrogen-bond acceptors (Lipinski definition) is 3. The summed E-state index contributed by atoms with van der Waals surface area (Å²) in [5.74, 6) is 0. The Morgan fingerprint density at radius 2 is 2.10 bits per heavy atom. The van der Waals surface area contributed by atoms with Gasteiger partial charge in [-0.1, -0.05) is 12.1 Å². The molecular formula is C17H24N2S. The lowest BCUT2D eigenvalue weighted by atomic mass is 10.0. The standard InChI is InChI=1S/C17H24N2S/c1-13-11-16(7-6-15(13)8-9-18)19(3)14(2)12-17-5-4-10-20-17/h4-7,10-11,14H,8-9,12,18H2,1-3H3. The molecule has 0 aliphatic carbocycles. The van der Waals surface area contributed by atoms with E-state index in [4.69, 9.17) is 5.73 Å². The highest BCUT2D eigenvalue weighted by Gasteiger charge is 2.12. The normalized spacial score (nSPS) is 12.4. The Hall–Kier alpha value is -1.32. The smallest absolute Gasteiger partial charge is 0.0368 e. The molecule has 108 valence electrons. The molecule has 2 nitrogen and oxygen atoms in total. The maximum Gasteiger partial charge on any atom is 0.0368 e. The molecule has 0 bridgehead atoms. The van der Waals surface area contributed by atoms with E-state index in [1.807, 2.05) is 11.3 Å². The summed E-state index contributed by atoms with van der Waals surface area (Å²) in [4.78, 5) is 3.81. The van der Waals surface area contributed by atoms with Gasteiger partial charge in [0.2, 0.25) is 0 Å². The van der Waals surface area contributed by atoms with Crippen LogP contribution in [0.15, 0.2) is 35.7 Å². The van der Waals surface area contributed by atoms with E-state index in [-0.39, 0.29) is 0 Å². The van der Waals surface area contributed by atoms with Gasteiger partial charge in [0, 0.05) is 30.1 Å². The average molecular weight is 288 g/mol. The summed E-state index contributed by atoms with van der Waals surface area (Å²) in [7, 11) is 2.18. The van der Waals surface area contributed by atoms with Gasteiger partial charge < -0.3 is 10.6 Å². The lowest BCUT2D eigenvalue weighted by Crippen LogP contribution is -2.30. The Kier molecular flexibility index (Phi) is 5.21. The van der Waals surface area contributed by atoms with E-state index in [9.17, 15) is 0 Å². The SMILES string of the molecule is Cc1cc(N(C)C(C)Cc2cccs2)ccc1CCN. The first-order valence-corrected chi connectivity index (χ1v) is 8.04. The fraction of sp³-hybridized carbons (Fsp3) is 0.412. The predicted molar refractivity (Wildman–Crippen MR) is 89.8 cm³/mol. The Morgan fingerprint density at radius 1 is 1.30 bits per heavy atom. The summed E-state index contributed by atoms with van der Waals surface area (Å²) in [6.45, 7) is 5.17. The van der Waals surface area contributed by atoms with Crippen LogP contribution in [0.1, 0.15) is 22.9 Å². The molecule has 2 aromatic rings. The molecule has 2 rings (SSSR count). The van der Waals surface area contributed by atoms with E-state index in [0.29, 0.717) is 12.6 Å². The van der Waals surface area contributed by atoms with Crippen molar-refractivity contribution in [2.75, 3.05) is 18.5 Å². The van der Waals surface area contributed by atoms with Crippen LogP contribution in [0.5, 0.6) is 0 Å². The van der Waals surface area contributed by atoms with Gasteiger partial charge in [0.05, 0.1) is 0 Å². The summed E-state index contributed by atoms with van der Waals surface area (Å²) in [6.07, 6.45) is 2.05. The highest BCUT2D eigenvalue weighted by Crippen LogP contribution is 2.22. The molecule has 0 aliphatic heterocycles. The van der Waals surface area contributed by atoms with Crippen molar-refractivity contribution >= 4 is 17.0 Å². The molecule has 20 heavy (non-hydrogen) atoms. The zero-order valence-electron chi connectivity index (χ0n) is 12.6. The number of benzene rings is 1. The van der Waals surface area contributed by atoms with E-state index in [1.165, 1.54) is 21.7 Å². The van der Waals surface area contributed by atoms with Gasteiger partial charge in [-0.3, -0.25) is 0 Å². The Labute approximate surface area is 126 Å². The molecule has 1 aromatic carbocycles. The van der Waals surface area contributed by atoms with E-state index in [2.05, 4.69) is 61.5 Å². The van der Waals surface area contributed by atoms with Crippen LogP contribution in [-0.2, 0) is 12.8 Å². The van der Waals surface area contributed by atoms with Crippen molar-refractivity contribution in [1.82, 2.24) is 0 Å². The summed E-state index contributed by atoms with van der Waals surface area (Å²) in [5.41, 5.74) is 9.62. The number of hydrogen-bond donors (Lipinski definition) is 1. The molecule has 1 atom stereocenters. The van der Waals surface area contributed by atoms with E-state index < -0.39 is 0 Å². The number of nitrogens with two attached hydrogens (primary N) is 1. The molecule has 1 aromatic heterocycles. The zero-order valence-corrected chi connectivity index (χ0v) is 13.4. The highest BCUT2D eigenvalue weighted by molar-refractivity contribution is 7.09. The highest BCUT2D eigenvalue weighted by atomic mass is 32.1. The fourth-order valence-electron chi connectivity index (χ4n) is 2.45. The van der Waals surface area contributed by atoms with Gasteiger partial charge in [-0.05, 0) is 61.5 Å². The van der Waals surface area contributed by atoms with E-state index in [0.717, 1.165) is 12.8 Å². The first-order chi connectivity index (χ1) is 9.61. The first-order valence-electron chi connectivity index (χ1n) is 7.16. The minimum Gasteiger partial charge on any atom is -0.372 e. The summed E-state index contributed by atoms with van der Waals surface area (Å²) in [5, 5.41) is 2.15. The second-order valence-corrected chi connectivity index (χ2v) is 6.43. The largest absolute Gasteiger partial charge is 0.372 e. The lowest BCUT2D eigenvalue weighted by molar-refractivity contribution is 0.688. The van der Waals surface area contributed by atoms with Crippen LogP contribution in [0, 0.1) is 6.92 Å². The van der Waals surface area contributed by atoms with Gasteiger partial charge in [0.15, 0.2) is 0 Å². The zero-order chi connectivity index (χ0) is 14.5. The Morgan fingerprint density at radius 3 is 2.70 bits per heavy atom. The van der Waals surface area contributed by atoms with Gasteiger partial charge >= 0.3 is 0 Å². The minimum absolute atomic E-state index is 0.494. The second-order valence-electron chi connectivity index (χ2n) is 5.39. The van der Waals surface area contributed by atoms with Crippen molar-refractivity contribution in [2.24, 2.45) is 5.73 Å². The van der Waals surface area contributed by atoms with Crippen molar-refractivity contribution in [3.63, 3.8) is 0 Å². The molecule has 0 saturated carbocycles. The lowest BCUT2D eigenvalue weighted by Gasteiger charge is -2.27. The van der Waals surface area contributed by atoms with Gasteiger partial charge in [-0.25, -0.2) is 0 Å². The fourth-order valence-corrected chi connectivity index (χ4v) is 3.27. The van der Waals surface area contributed by atoms with Crippen LogP contribution in [0.3, 0.4) is 0 Å². The van der Waals surface area contributed by atoms with Crippen LogP contribution >= 0.6 is 11.3 Å². The van der Waals surface area contributed by atoms with Crippen molar-refractivity contribution in [1.29, 1.82) is 0 Å². The molecule has 1 unspecified atom stereocenters. The van der Waals surface area contributed by atoms with Gasteiger partial charge in [-0.2, -0.15) is 0 Å². The molecule has 2 N–H and O–H groups in total. The van der Waals surface area contributed by atoms with Crippen LogP contribution in [0.25, 0.3) is 0 Å². The van der Waals surface area contributed by atoms with Crippen LogP contribution < -0.4 is 10.6 Å². The first kappa shape index (κ1) is 15.1. The number of thiophene rings is 1. The van der Waals surface area contributed by atoms with Crippen molar-refractivity contribution in [3.05, 3.63) is 51.7 Å². The molecule has 1 heterocycles. The Balaban J connectivity index is 2.08. The third kappa shape index (κ3) is 3.62. The van der Waals surface area contributed by atoms with Gasteiger partial charge in [0.25, 0.3) is 0 Å². The minimum atomic E-state index is 0.494. The molecule has 0 radical (unpaired) electrons. The second kappa shape index (κ2) is 6.91. The molecule has 0 fully saturated rings. The Bertz CT molecular complexity index is 534. The van der Waals surface area contributed by atoms with Crippen molar-refractivity contribution < 1.29 is 0 Å². The monoisotopic (exact) mass is 288 g/mol. The molecule has 0 amide bonds. The average Bonchev–Trinajstić information content (AvgIpc) is 2.93. The van der Waals surface area contributed by atoms with Gasteiger partial charge in [-0.15, -0.1) is 11.3 Å². The topological polar surface area (TPSA) is 29.3 Å². The number of likely N-dealkylation sites (N-methyl/N-ethyl adjacent to an activating group) is 1. The maximum atomic E-state index is 5.64. The number of rotatable bonds is 6. The van der Waals surface area contributed by atoms with Crippen molar-refractivity contribution in [2.45, 2.75) is 32.7 Å². The quantitative estimate of drug-likeness (QED) is 0.879. The van der Waals surface area contributed by atoms with Crippen LogP contribution in [0.4, 0.5) is 5.69 Å². The van der Waals surface area contributed by atoms with E-state index >= 15 is 0 Å². The third-order valence-corrected chi connectivity index (χ3v) is 4.78. The molecule has 0 aliphatic rings. The number of nitrogens with zero attached hydrogens (tertiary/aromatic N) is 1. The predicted octanol–water partition coefficient (Wildman–Crippen LogP) is 3.63. The maximum absolute atomic E-state index is 5.64. The summed E-state index contributed by atoms with van der Waals surface area (Å²) >= 11 is 1.84. The number of aryl methyl sites for hydroxylation is 1. The van der Waals surface area contributed by atoms with Gasteiger partial charge in [0.1, 0.15) is 0 Å². The molecular weight excluding hydrogens is 264 g/mol. The summed E-state index contributed by atoms with van der Waals surface area (Å²) in [6, 6.07) is 11.5. The number of anilines is 1. The van der Waals surface area contributed by atoms with Crippen molar-refractivity contribution in [3.8, 4) is 0 Å².